The maximum atomic E-state index is 5.76. The minimum Gasteiger partial charge on any atom is -0.330 e. The van der Waals surface area contributed by atoms with Crippen LogP contribution in [0.3, 0.4) is 0 Å². The minimum absolute atomic E-state index is 0.790. The molecule has 1 aliphatic rings. The SMILES string of the molecule is Cc1cccc(CN(C)CC2CCC(CN)CC2)c1. The van der Waals surface area contributed by atoms with Crippen molar-refractivity contribution in [1.82, 2.24) is 4.90 Å². The van der Waals surface area contributed by atoms with Gasteiger partial charge in [0.1, 0.15) is 0 Å². The topological polar surface area (TPSA) is 29.3 Å². The van der Waals surface area contributed by atoms with Crippen molar-refractivity contribution in [2.75, 3.05) is 20.1 Å². The van der Waals surface area contributed by atoms with Gasteiger partial charge in [0.15, 0.2) is 0 Å². The summed E-state index contributed by atoms with van der Waals surface area (Å²) in [6.45, 7) is 5.34. The molecule has 0 heterocycles. The van der Waals surface area contributed by atoms with Gasteiger partial charge in [0, 0.05) is 13.1 Å². The predicted octanol–water partition coefficient (Wildman–Crippen LogP) is 3.19. The van der Waals surface area contributed by atoms with Crippen molar-refractivity contribution in [3.05, 3.63) is 35.4 Å². The van der Waals surface area contributed by atoms with Gasteiger partial charge >= 0.3 is 0 Å². The van der Waals surface area contributed by atoms with Gasteiger partial charge in [0.05, 0.1) is 0 Å². The first-order valence-electron chi connectivity index (χ1n) is 7.61. The first-order valence-corrected chi connectivity index (χ1v) is 7.61. The summed E-state index contributed by atoms with van der Waals surface area (Å²) in [5, 5.41) is 0. The molecule has 2 N–H and O–H groups in total. The van der Waals surface area contributed by atoms with Crippen LogP contribution in [-0.2, 0) is 6.54 Å². The van der Waals surface area contributed by atoms with Crippen LogP contribution in [-0.4, -0.2) is 25.0 Å². The fourth-order valence-corrected chi connectivity index (χ4v) is 3.28. The van der Waals surface area contributed by atoms with Crippen LogP contribution in [0.2, 0.25) is 0 Å². The van der Waals surface area contributed by atoms with Gasteiger partial charge in [0.2, 0.25) is 0 Å². The summed E-state index contributed by atoms with van der Waals surface area (Å²) in [5.74, 6) is 1.66. The van der Waals surface area contributed by atoms with Gasteiger partial charge in [-0.05, 0) is 63.6 Å². The zero-order chi connectivity index (χ0) is 13.7. The highest BCUT2D eigenvalue weighted by Crippen LogP contribution is 2.28. The first-order chi connectivity index (χ1) is 9.17. The number of hydrogen-bond donors (Lipinski definition) is 1. The van der Waals surface area contributed by atoms with E-state index >= 15 is 0 Å². The molecule has 2 rings (SSSR count). The van der Waals surface area contributed by atoms with Crippen molar-refractivity contribution in [2.45, 2.75) is 39.2 Å². The van der Waals surface area contributed by atoms with Crippen molar-refractivity contribution >= 4 is 0 Å². The van der Waals surface area contributed by atoms with E-state index in [2.05, 4.69) is 43.1 Å². The molecule has 0 spiro atoms. The van der Waals surface area contributed by atoms with E-state index in [1.807, 2.05) is 0 Å². The van der Waals surface area contributed by atoms with Gasteiger partial charge in [-0.25, -0.2) is 0 Å². The largest absolute Gasteiger partial charge is 0.330 e. The van der Waals surface area contributed by atoms with Gasteiger partial charge < -0.3 is 10.6 Å². The molecule has 1 saturated carbocycles. The summed E-state index contributed by atoms with van der Waals surface area (Å²) in [6.07, 6.45) is 5.39. The van der Waals surface area contributed by atoms with Gasteiger partial charge in [-0.15, -0.1) is 0 Å². The Morgan fingerprint density at radius 2 is 1.84 bits per heavy atom. The second-order valence-corrected chi connectivity index (χ2v) is 6.31. The van der Waals surface area contributed by atoms with E-state index in [1.165, 1.54) is 43.4 Å². The van der Waals surface area contributed by atoms with Gasteiger partial charge in [-0.3, -0.25) is 0 Å². The fourth-order valence-electron chi connectivity index (χ4n) is 3.28. The summed E-state index contributed by atoms with van der Waals surface area (Å²) in [5.41, 5.74) is 8.54. The number of aryl methyl sites for hydroxylation is 1. The lowest BCUT2D eigenvalue weighted by Crippen LogP contribution is -2.29. The molecule has 0 radical (unpaired) electrons. The van der Waals surface area contributed by atoms with E-state index in [1.54, 1.807) is 0 Å². The molecule has 0 aliphatic heterocycles. The molecule has 0 amide bonds. The lowest BCUT2D eigenvalue weighted by Gasteiger charge is -2.30. The van der Waals surface area contributed by atoms with Crippen LogP contribution in [0, 0.1) is 18.8 Å². The maximum absolute atomic E-state index is 5.76. The molecular weight excluding hydrogens is 232 g/mol. The smallest absolute Gasteiger partial charge is 0.0230 e. The molecule has 0 saturated heterocycles. The zero-order valence-corrected chi connectivity index (χ0v) is 12.4. The van der Waals surface area contributed by atoms with Gasteiger partial charge in [-0.1, -0.05) is 29.8 Å². The highest BCUT2D eigenvalue weighted by molar-refractivity contribution is 5.21. The molecule has 1 aromatic rings. The summed E-state index contributed by atoms with van der Waals surface area (Å²) >= 11 is 0. The van der Waals surface area contributed by atoms with Crippen LogP contribution >= 0.6 is 0 Å². The molecule has 19 heavy (non-hydrogen) atoms. The predicted molar refractivity (Wildman–Crippen MR) is 82.0 cm³/mol. The summed E-state index contributed by atoms with van der Waals surface area (Å²) in [7, 11) is 2.25. The van der Waals surface area contributed by atoms with Crippen molar-refractivity contribution in [3.8, 4) is 0 Å². The van der Waals surface area contributed by atoms with E-state index in [0.717, 1.165) is 24.9 Å². The Balaban J connectivity index is 1.77. The Hall–Kier alpha value is -0.860. The Labute approximate surface area is 118 Å². The van der Waals surface area contributed by atoms with Gasteiger partial charge in [-0.2, -0.15) is 0 Å². The summed E-state index contributed by atoms with van der Waals surface area (Å²) < 4.78 is 0. The van der Waals surface area contributed by atoms with E-state index in [-0.39, 0.29) is 0 Å². The average Bonchev–Trinajstić information content (AvgIpc) is 2.39. The minimum atomic E-state index is 0.790. The molecule has 1 aliphatic carbocycles. The van der Waals surface area contributed by atoms with Crippen LogP contribution in [0.4, 0.5) is 0 Å². The fraction of sp³-hybridized carbons (Fsp3) is 0.647. The Bertz CT molecular complexity index is 381. The number of benzene rings is 1. The normalized spacial score (nSPS) is 23.8. The van der Waals surface area contributed by atoms with Gasteiger partial charge in [0.25, 0.3) is 0 Å². The van der Waals surface area contributed by atoms with Crippen molar-refractivity contribution < 1.29 is 0 Å². The van der Waals surface area contributed by atoms with Crippen molar-refractivity contribution in [3.63, 3.8) is 0 Å². The number of rotatable bonds is 5. The number of nitrogens with zero attached hydrogens (tertiary/aromatic N) is 1. The third-order valence-corrected chi connectivity index (χ3v) is 4.40. The Kier molecular flexibility index (Phi) is 5.41. The summed E-state index contributed by atoms with van der Waals surface area (Å²) in [6, 6.07) is 8.85. The van der Waals surface area contributed by atoms with E-state index in [4.69, 9.17) is 5.73 Å². The van der Waals surface area contributed by atoms with Crippen LogP contribution in [0.5, 0.6) is 0 Å². The second-order valence-electron chi connectivity index (χ2n) is 6.31. The molecule has 2 heteroatoms. The van der Waals surface area contributed by atoms with Crippen LogP contribution in [0.15, 0.2) is 24.3 Å². The molecule has 106 valence electrons. The molecule has 2 nitrogen and oxygen atoms in total. The molecule has 1 aromatic carbocycles. The van der Waals surface area contributed by atoms with Crippen LogP contribution in [0.25, 0.3) is 0 Å². The number of hydrogen-bond acceptors (Lipinski definition) is 2. The molecule has 0 bridgehead atoms. The number of nitrogens with two attached hydrogens (primary N) is 1. The van der Waals surface area contributed by atoms with Crippen molar-refractivity contribution in [2.24, 2.45) is 17.6 Å². The lowest BCUT2D eigenvalue weighted by atomic mass is 9.82. The second kappa shape index (κ2) is 7.06. The Morgan fingerprint density at radius 1 is 1.16 bits per heavy atom. The van der Waals surface area contributed by atoms with Crippen molar-refractivity contribution in [1.29, 1.82) is 0 Å². The monoisotopic (exact) mass is 260 g/mol. The third-order valence-electron chi connectivity index (χ3n) is 4.40. The molecule has 0 unspecified atom stereocenters. The first kappa shape index (κ1) is 14.5. The maximum Gasteiger partial charge on any atom is 0.0230 e. The lowest BCUT2D eigenvalue weighted by molar-refractivity contribution is 0.201. The Morgan fingerprint density at radius 3 is 2.47 bits per heavy atom. The van der Waals surface area contributed by atoms with Crippen LogP contribution in [0.1, 0.15) is 36.8 Å². The van der Waals surface area contributed by atoms with Crippen LogP contribution < -0.4 is 5.73 Å². The molecular formula is C17H28N2. The average molecular weight is 260 g/mol. The van der Waals surface area contributed by atoms with E-state index < -0.39 is 0 Å². The highest BCUT2D eigenvalue weighted by atomic mass is 15.1. The zero-order valence-electron chi connectivity index (χ0n) is 12.4. The quantitative estimate of drug-likeness (QED) is 0.881. The molecule has 1 fully saturated rings. The molecule has 0 aromatic heterocycles. The standard InChI is InChI=1S/C17H28N2/c1-14-4-3-5-17(10-14)13-19(2)12-16-8-6-15(11-18)7-9-16/h3-5,10,15-16H,6-9,11-13,18H2,1-2H3. The van der Waals surface area contributed by atoms with E-state index in [9.17, 15) is 0 Å². The third kappa shape index (κ3) is 4.63. The molecule has 0 atom stereocenters. The van der Waals surface area contributed by atoms with E-state index in [0.29, 0.717) is 0 Å². The summed E-state index contributed by atoms with van der Waals surface area (Å²) in [4.78, 5) is 2.47. The highest BCUT2D eigenvalue weighted by Gasteiger charge is 2.21.